The third-order valence-corrected chi connectivity index (χ3v) is 6.71. The Bertz CT molecular complexity index is 1430. The summed E-state index contributed by atoms with van der Waals surface area (Å²) >= 11 is 1.17. The van der Waals surface area contributed by atoms with Crippen molar-refractivity contribution in [2.45, 2.75) is 31.5 Å². The highest BCUT2D eigenvalue weighted by Gasteiger charge is 2.19. The number of nitrogens with zero attached hydrogens (tertiary/aromatic N) is 3. The first kappa shape index (κ1) is 28.6. The van der Waals surface area contributed by atoms with E-state index in [9.17, 15) is 14.0 Å². The maximum Gasteiger partial charge on any atom is 0.251 e. The number of methoxy groups -OCH3 is 1. The van der Waals surface area contributed by atoms with Crippen LogP contribution in [0.5, 0.6) is 11.5 Å². The number of anilines is 1. The van der Waals surface area contributed by atoms with Gasteiger partial charge in [0.25, 0.3) is 5.91 Å². The van der Waals surface area contributed by atoms with Crippen LogP contribution >= 0.6 is 11.8 Å². The van der Waals surface area contributed by atoms with Crippen molar-refractivity contribution < 1.29 is 23.5 Å². The van der Waals surface area contributed by atoms with Crippen LogP contribution in [-0.2, 0) is 11.3 Å². The van der Waals surface area contributed by atoms with Gasteiger partial charge in [-0.1, -0.05) is 37.2 Å². The number of thioether (sulfide) groups is 1. The number of aromatic nitrogens is 3. The highest BCUT2D eigenvalue weighted by atomic mass is 32.2. The molecule has 0 bridgehead atoms. The van der Waals surface area contributed by atoms with E-state index in [0.29, 0.717) is 46.0 Å². The molecule has 4 aromatic rings. The van der Waals surface area contributed by atoms with Gasteiger partial charge < -0.3 is 20.1 Å². The predicted molar refractivity (Wildman–Crippen MR) is 152 cm³/mol. The third kappa shape index (κ3) is 7.60. The van der Waals surface area contributed by atoms with E-state index in [2.05, 4.69) is 27.8 Å². The largest absolute Gasteiger partial charge is 0.495 e. The van der Waals surface area contributed by atoms with Crippen LogP contribution in [0.1, 0.15) is 35.9 Å². The van der Waals surface area contributed by atoms with E-state index in [0.717, 1.165) is 12.8 Å². The number of benzene rings is 3. The summed E-state index contributed by atoms with van der Waals surface area (Å²) in [6, 6.07) is 19.8. The lowest BCUT2D eigenvalue weighted by atomic mass is 10.2. The molecule has 0 aliphatic heterocycles. The Balaban J connectivity index is 1.47. The Morgan fingerprint density at radius 3 is 2.48 bits per heavy atom. The highest BCUT2D eigenvalue weighted by molar-refractivity contribution is 7.99. The van der Waals surface area contributed by atoms with Crippen molar-refractivity contribution in [3.05, 3.63) is 90.0 Å². The van der Waals surface area contributed by atoms with E-state index in [1.165, 1.54) is 36.0 Å². The zero-order chi connectivity index (χ0) is 28.3. The van der Waals surface area contributed by atoms with Crippen molar-refractivity contribution in [1.82, 2.24) is 20.1 Å². The lowest BCUT2D eigenvalue weighted by Crippen LogP contribution is -2.24. The SMILES string of the molecule is CCCCOc1ccc(C(=O)NCc2nnc(SCC(=O)Nc3ccc(F)cc3)n2-c2ccccc2OC)cc1. The van der Waals surface area contributed by atoms with E-state index >= 15 is 0 Å². The fourth-order valence-corrected chi connectivity index (χ4v) is 4.49. The number of carbonyl (C=O) groups excluding carboxylic acids is 2. The van der Waals surface area contributed by atoms with Crippen LogP contribution < -0.4 is 20.1 Å². The molecule has 1 aromatic heterocycles. The number of ether oxygens (including phenoxy) is 2. The van der Waals surface area contributed by atoms with Crippen molar-refractivity contribution in [1.29, 1.82) is 0 Å². The van der Waals surface area contributed by atoms with Crippen LogP contribution in [0.3, 0.4) is 0 Å². The molecule has 0 aliphatic rings. The van der Waals surface area contributed by atoms with Crippen molar-refractivity contribution in [2.75, 3.05) is 24.8 Å². The molecule has 2 amide bonds. The number of hydrogen-bond acceptors (Lipinski definition) is 7. The van der Waals surface area contributed by atoms with Gasteiger partial charge in [-0.15, -0.1) is 10.2 Å². The summed E-state index contributed by atoms with van der Waals surface area (Å²) in [4.78, 5) is 25.4. The molecule has 208 valence electrons. The first-order chi connectivity index (χ1) is 19.5. The minimum atomic E-state index is -0.384. The van der Waals surface area contributed by atoms with Crippen molar-refractivity contribution in [3.8, 4) is 17.2 Å². The lowest BCUT2D eigenvalue weighted by molar-refractivity contribution is -0.113. The van der Waals surface area contributed by atoms with Gasteiger partial charge in [0.15, 0.2) is 11.0 Å². The average molecular weight is 564 g/mol. The summed E-state index contributed by atoms with van der Waals surface area (Å²) in [6.45, 7) is 2.82. The summed E-state index contributed by atoms with van der Waals surface area (Å²) in [5.74, 6) is 0.830. The second kappa shape index (κ2) is 14.1. The Morgan fingerprint density at radius 2 is 1.75 bits per heavy atom. The quantitative estimate of drug-likeness (QED) is 0.169. The van der Waals surface area contributed by atoms with Crippen molar-refractivity contribution in [3.63, 3.8) is 0 Å². The van der Waals surface area contributed by atoms with E-state index in [1.807, 2.05) is 18.2 Å². The highest BCUT2D eigenvalue weighted by Crippen LogP contribution is 2.29. The molecule has 0 spiro atoms. The van der Waals surface area contributed by atoms with E-state index < -0.39 is 0 Å². The lowest BCUT2D eigenvalue weighted by Gasteiger charge is -2.14. The Kier molecular flexibility index (Phi) is 10.1. The fourth-order valence-electron chi connectivity index (χ4n) is 3.72. The second-order valence-electron chi connectivity index (χ2n) is 8.66. The second-order valence-corrected chi connectivity index (χ2v) is 9.60. The Morgan fingerprint density at radius 1 is 1.00 bits per heavy atom. The van der Waals surface area contributed by atoms with E-state index in [-0.39, 0.29) is 29.9 Å². The zero-order valence-electron chi connectivity index (χ0n) is 22.2. The fraction of sp³-hybridized carbons (Fsp3) is 0.241. The maximum atomic E-state index is 13.2. The predicted octanol–water partition coefficient (Wildman–Crippen LogP) is 5.25. The molecule has 9 nitrogen and oxygen atoms in total. The molecule has 0 radical (unpaired) electrons. The molecule has 0 saturated carbocycles. The summed E-state index contributed by atoms with van der Waals surface area (Å²) in [5, 5.41) is 14.6. The molecular weight excluding hydrogens is 533 g/mol. The van der Waals surface area contributed by atoms with Crippen LogP contribution in [0.4, 0.5) is 10.1 Å². The van der Waals surface area contributed by atoms with Gasteiger partial charge in [-0.25, -0.2) is 4.39 Å². The molecule has 2 N–H and O–H groups in total. The van der Waals surface area contributed by atoms with Crippen LogP contribution in [0, 0.1) is 5.82 Å². The molecule has 40 heavy (non-hydrogen) atoms. The molecule has 0 atom stereocenters. The maximum absolute atomic E-state index is 13.2. The molecule has 0 aliphatic carbocycles. The number of hydrogen-bond donors (Lipinski definition) is 2. The molecule has 0 unspecified atom stereocenters. The van der Waals surface area contributed by atoms with Crippen molar-refractivity contribution in [2.24, 2.45) is 0 Å². The van der Waals surface area contributed by atoms with Gasteiger partial charge in [0.05, 0.1) is 31.7 Å². The average Bonchev–Trinajstić information content (AvgIpc) is 3.39. The van der Waals surface area contributed by atoms with Gasteiger partial charge in [-0.05, 0) is 67.1 Å². The number of unbranched alkanes of at least 4 members (excludes halogenated alkanes) is 1. The molecule has 0 fully saturated rings. The minimum Gasteiger partial charge on any atom is -0.495 e. The topological polar surface area (TPSA) is 107 Å². The van der Waals surface area contributed by atoms with Gasteiger partial charge in [-0.3, -0.25) is 14.2 Å². The monoisotopic (exact) mass is 563 g/mol. The Labute approximate surface area is 236 Å². The summed E-state index contributed by atoms with van der Waals surface area (Å²) in [7, 11) is 1.56. The van der Waals surface area contributed by atoms with Crippen LogP contribution in [0.25, 0.3) is 5.69 Å². The van der Waals surface area contributed by atoms with Crippen LogP contribution in [0.15, 0.2) is 78.0 Å². The number of para-hydroxylation sites is 2. The Hall–Kier alpha value is -4.38. The smallest absolute Gasteiger partial charge is 0.251 e. The summed E-state index contributed by atoms with van der Waals surface area (Å²) in [5.41, 5.74) is 1.63. The number of nitrogens with one attached hydrogen (secondary N) is 2. The van der Waals surface area contributed by atoms with E-state index in [1.54, 1.807) is 42.0 Å². The number of halogens is 1. The first-order valence-corrected chi connectivity index (χ1v) is 13.7. The number of rotatable bonds is 13. The first-order valence-electron chi connectivity index (χ1n) is 12.8. The molecule has 4 rings (SSSR count). The van der Waals surface area contributed by atoms with Gasteiger partial charge in [0, 0.05) is 11.3 Å². The molecule has 3 aromatic carbocycles. The molecule has 0 saturated heterocycles. The molecule has 1 heterocycles. The van der Waals surface area contributed by atoms with Crippen LogP contribution in [-0.4, -0.2) is 46.0 Å². The zero-order valence-corrected chi connectivity index (χ0v) is 23.0. The summed E-state index contributed by atoms with van der Waals surface area (Å²) < 4.78 is 26.1. The van der Waals surface area contributed by atoms with Gasteiger partial charge in [0.1, 0.15) is 17.3 Å². The number of carbonyl (C=O) groups is 2. The number of amides is 2. The molecular formula is C29H30FN5O4S. The van der Waals surface area contributed by atoms with Crippen molar-refractivity contribution >= 4 is 29.3 Å². The summed E-state index contributed by atoms with van der Waals surface area (Å²) in [6.07, 6.45) is 2.01. The van der Waals surface area contributed by atoms with Gasteiger partial charge >= 0.3 is 0 Å². The third-order valence-electron chi connectivity index (χ3n) is 5.78. The molecule has 11 heteroatoms. The van der Waals surface area contributed by atoms with Gasteiger partial charge in [-0.2, -0.15) is 0 Å². The van der Waals surface area contributed by atoms with Gasteiger partial charge in [0.2, 0.25) is 5.91 Å². The van der Waals surface area contributed by atoms with Crippen LogP contribution in [0.2, 0.25) is 0 Å². The van der Waals surface area contributed by atoms with E-state index in [4.69, 9.17) is 9.47 Å². The standard InChI is InChI=1S/C29H30FN5O4S/c1-3-4-17-39-23-15-9-20(10-16-23)28(37)31-18-26-33-34-29(35(26)24-7-5-6-8-25(24)38-2)40-19-27(36)32-22-13-11-21(30)12-14-22/h5-16H,3-4,17-19H2,1-2H3,(H,31,37)(H,32,36). The normalized spacial score (nSPS) is 10.7. The minimum absolute atomic E-state index is 0.0314.